The van der Waals surface area contributed by atoms with Crippen LogP contribution in [0.25, 0.3) is 11.1 Å². The van der Waals surface area contributed by atoms with Gasteiger partial charge in [-0.05, 0) is 16.4 Å². The minimum Gasteiger partial charge on any atom is -0.147 e. The van der Waals surface area contributed by atoms with Gasteiger partial charge in [0.05, 0.1) is 0 Å². The fraction of sp³-hybridized carbons (Fsp3) is 0. The summed E-state index contributed by atoms with van der Waals surface area (Å²) in [4.78, 5) is 0. The van der Waals surface area contributed by atoms with Gasteiger partial charge < -0.3 is 0 Å². The third-order valence-corrected chi connectivity index (χ3v) is 2.55. The summed E-state index contributed by atoms with van der Waals surface area (Å²) >= 11 is 0. The van der Waals surface area contributed by atoms with Crippen molar-refractivity contribution in [2.45, 2.75) is 0 Å². The molecule has 0 heterocycles. The van der Waals surface area contributed by atoms with Gasteiger partial charge in [0.25, 0.3) is 0 Å². The van der Waals surface area contributed by atoms with E-state index in [9.17, 15) is 0 Å². The summed E-state index contributed by atoms with van der Waals surface area (Å²) in [6.07, 6.45) is 0. The van der Waals surface area contributed by atoms with Crippen molar-refractivity contribution < 1.29 is 0 Å². The Balaban J connectivity index is 0.000000980. The van der Waals surface area contributed by atoms with Crippen LogP contribution < -0.4 is 5.30 Å². The van der Waals surface area contributed by atoms with Crippen molar-refractivity contribution in [1.82, 2.24) is 0 Å². The summed E-state index contributed by atoms with van der Waals surface area (Å²) in [5, 5.41) is 1.24. The lowest BCUT2D eigenvalue weighted by Gasteiger charge is -2.03. The standard InChI is InChI=1S/C12H11P.2ClH/c13-12-9-5-4-8-11(12)10-6-2-1-3-7-10;;/h1-9H,13H2;2*1H. The Morgan fingerprint density at radius 3 is 1.80 bits per heavy atom. The van der Waals surface area contributed by atoms with Crippen LogP contribution in [-0.2, 0) is 0 Å². The Morgan fingerprint density at radius 1 is 0.667 bits per heavy atom. The van der Waals surface area contributed by atoms with Gasteiger partial charge in [-0.2, -0.15) is 0 Å². The van der Waals surface area contributed by atoms with Crippen molar-refractivity contribution in [3.05, 3.63) is 54.6 Å². The van der Waals surface area contributed by atoms with Crippen molar-refractivity contribution >= 4 is 39.4 Å². The Labute approximate surface area is 105 Å². The molecule has 0 aliphatic carbocycles. The number of rotatable bonds is 1. The number of halogens is 2. The number of hydrogen-bond donors (Lipinski definition) is 0. The molecule has 0 nitrogen and oxygen atoms in total. The second kappa shape index (κ2) is 6.85. The van der Waals surface area contributed by atoms with Crippen LogP contribution in [0.3, 0.4) is 0 Å². The van der Waals surface area contributed by atoms with Crippen LogP contribution in [0, 0.1) is 0 Å². The van der Waals surface area contributed by atoms with E-state index in [-0.39, 0.29) is 24.8 Å². The van der Waals surface area contributed by atoms with E-state index in [1.54, 1.807) is 0 Å². The van der Waals surface area contributed by atoms with Crippen LogP contribution in [0.5, 0.6) is 0 Å². The maximum absolute atomic E-state index is 2.76. The highest BCUT2D eigenvalue weighted by Crippen LogP contribution is 2.17. The molecule has 3 heteroatoms. The summed E-state index contributed by atoms with van der Waals surface area (Å²) in [6.45, 7) is 0. The molecule has 0 radical (unpaired) electrons. The van der Waals surface area contributed by atoms with E-state index in [4.69, 9.17) is 0 Å². The first-order chi connectivity index (χ1) is 6.38. The molecule has 0 saturated carbocycles. The minimum absolute atomic E-state index is 0. The van der Waals surface area contributed by atoms with Gasteiger partial charge in [0.1, 0.15) is 0 Å². The Morgan fingerprint density at radius 2 is 1.20 bits per heavy atom. The highest BCUT2D eigenvalue weighted by Gasteiger charge is 1.97. The monoisotopic (exact) mass is 258 g/mol. The molecule has 0 bridgehead atoms. The number of benzene rings is 2. The van der Waals surface area contributed by atoms with Crippen LogP contribution in [0.2, 0.25) is 0 Å². The molecule has 2 aromatic rings. The Bertz CT molecular complexity index is 401. The average Bonchev–Trinajstić information content (AvgIpc) is 2.20. The molecule has 0 aliphatic rings. The zero-order chi connectivity index (χ0) is 9.10. The molecule has 15 heavy (non-hydrogen) atoms. The fourth-order valence-corrected chi connectivity index (χ4v) is 1.75. The summed E-state index contributed by atoms with van der Waals surface area (Å²) in [5.41, 5.74) is 2.56. The van der Waals surface area contributed by atoms with E-state index in [1.165, 1.54) is 16.4 Å². The second-order valence-corrected chi connectivity index (χ2v) is 3.58. The molecule has 1 unspecified atom stereocenters. The van der Waals surface area contributed by atoms with E-state index in [0.29, 0.717) is 0 Å². The molecule has 2 rings (SSSR count). The van der Waals surface area contributed by atoms with Crippen LogP contribution in [0.15, 0.2) is 54.6 Å². The molecule has 0 N–H and O–H groups in total. The molecule has 80 valence electrons. The topological polar surface area (TPSA) is 0 Å². The van der Waals surface area contributed by atoms with Gasteiger partial charge in [-0.25, -0.2) is 0 Å². The van der Waals surface area contributed by atoms with Gasteiger partial charge in [-0.3, -0.25) is 0 Å². The maximum atomic E-state index is 2.76. The fourth-order valence-electron chi connectivity index (χ4n) is 1.38. The van der Waals surface area contributed by atoms with Gasteiger partial charge >= 0.3 is 0 Å². The third kappa shape index (κ3) is 3.50. The lowest BCUT2D eigenvalue weighted by molar-refractivity contribution is 1.65. The van der Waals surface area contributed by atoms with E-state index in [1.807, 2.05) is 6.07 Å². The molecule has 0 amide bonds. The van der Waals surface area contributed by atoms with E-state index >= 15 is 0 Å². The summed E-state index contributed by atoms with van der Waals surface area (Å²) in [5.74, 6) is 0. The SMILES string of the molecule is Cl.Cl.Pc1ccccc1-c1ccccc1. The first kappa shape index (κ1) is 14.5. The highest BCUT2D eigenvalue weighted by molar-refractivity contribution is 7.28. The van der Waals surface area contributed by atoms with Crippen LogP contribution in [0.1, 0.15) is 0 Å². The van der Waals surface area contributed by atoms with Crippen molar-refractivity contribution in [2.75, 3.05) is 0 Å². The Hall–Kier alpha value is -0.550. The summed E-state index contributed by atoms with van der Waals surface area (Å²) < 4.78 is 0. The first-order valence-electron chi connectivity index (χ1n) is 4.28. The molecule has 0 spiro atoms. The first-order valence-corrected chi connectivity index (χ1v) is 4.85. The van der Waals surface area contributed by atoms with Crippen LogP contribution >= 0.6 is 34.1 Å². The molecule has 2 aromatic carbocycles. The van der Waals surface area contributed by atoms with Gasteiger partial charge in [-0.15, -0.1) is 34.1 Å². The van der Waals surface area contributed by atoms with E-state index < -0.39 is 0 Å². The predicted octanol–water partition coefficient (Wildman–Crippen LogP) is 3.70. The third-order valence-electron chi connectivity index (χ3n) is 2.05. The van der Waals surface area contributed by atoms with E-state index in [0.717, 1.165) is 0 Å². The Kier molecular flexibility index (Phi) is 6.60. The molecule has 0 aromatic heterocycles. The summed E-state index contributed by atoms with van der Waals surface area (Å²) in [6, 6.07) is 18.8. The normalized spacial score (nSPS) is 8.60. The van der Waals surface area contributed by atoms with Gasteiger partial charge in [0.2, 0.25) is 0 Å². The van der Waals surface area contributed by atoms with Crippen LogP contribution in [0.4, 0.5) is 0 Å². The van der Waals surface area contributed by atoms with E-state index in [2.05, 4.69) is 57.8 Å². The number of hydrogen-bond acceptors (Lipinski definition) is 0. The second-order valence-electron chi connectivity index (χ2n) is 2.95. The van der Waals surface area contributed by atoms with Crippen molar-refractivity contribution in [1.29, 1.82) is 0 Å². The smallest absolute Gasteiger partial charge is 0.0112 e. The molecular formula is C12H13Cl2P. The van der Waals surface area contributed by atoms with Gasteiger partial charge in [0.15, 0.2) is 0 Å². The van der Waals surface area contributed by atoms with Crippen molar-refractivity contribution in [3.8, 4) is 11.1 Å². The lowest BCUT2D eigenvalue weighted by atomic mass is 10.1. The molecule has 0 aliphatic heterocycles. The van der Waals surface area contributed by atoms with Crippen molar-refractivity contribution in [2.24, 2.45) is 0 Å². The average molecular weight is 259 g/mol. The molecule has 0 saturated heterocycles. The largest absolute Gasteiger partial charge is 0.147 e. The molecule has 0 fully saturated rings. The molecular weight excluding hydrogens is 246 g/mol. The quantitative estimate of drug-likeness (QED) is 0.685. The zero-order valence-corrected chi connectivity index (χ0v) is 10.9. The summed E-state index contributed by atoms with van der Waals surface area (Å²) in [7, 11) is 2.76. The zero-order valence-electron chi connectivity index (χ0n) is 8.09. The van der Waals surface area contributed by atoms with Crippen molar-refractivity contribution in [3.63, 3.8) is 0 Å². The van der Waals surface area contributed by atoms with Crippen LogP contribution in [-0.4, -0.2) is 0 Å². The lowest BCUT2D eigenvalue weighted by Crippen LogP contribution is -1.94. The predicted molar refractivity (Wildman–Crippen MR) is 75.7 cm³/mol. The van der Waals surface area contributed by atoms with Gasteiger partial charge in [0, 0.05) is 0 Å². The van der Waals surface area contributed by atoms with Gasteiger partial charge in [-0.1, -0.05) is 54.6 Å². The minimum atomic E-state index is 0. The highest BCUT2D eigenvalue weighted by atomic mass is 35.5. The maximum Gasteiger partial charge on any atom is -0.0112 e. The molecule has 1 atom stereocenters.